The molecule has 2 unspecified atom stereocenters. The molecule has 122 valence electrons. The van der Waals surface area contributed by atoms with E-state index in [9.17, 15) is 18.3 Å². The van der Waals surface area contributed by atoms with Gasteiger partial charge in [0.1, 0.15) is 0 Å². The first kappa shape index (κ1) is 17.2. The monoisotopic (exact) mass is 346 g/mol. The van der Waals surface area contributed by atoms with Crippen LogP contribution in [0.5, 0.6) is 0 Å². The summed E-state index contributed by atoms with van der Waals surface area (Å²) >= 11 is 5.98. The van der Waals surface area contributed by atoms with Gasteiger partial charge < -0.3 is 10.4 Å². The van der Waals surface area contributed by atoms with Gasteiger partial charge in [-0.2, -0.15) is 0 Å². The van der Waals surface area contributed by atoms with Crippen LogP contribution < -0.4 is 5.32 Å². The first-order chi connectivity index (χ1) is 10.3. The molecule has 8 heteroatoms. The number of halogens is 1. The van der Waals surface area contributed by atoms with Crippen LogP contribution in [0.2, 0.25) is 5.02 Å². The van der Waals surface area contributed by atoms with E-state index in [1.807, 2.05) is 6.92 Å². The maximum absolute atomic E-state index is 12.1. The first-order valence-corrected chi connectivity index (χ1v) is 9.19. The van der Waals surface area contributed by atoms with Crippen molar-refractivity contribution in [3.8, 4) is 0 Å². The van der Waals surface area contributed by atoms with Gasteiger partial charge in [0.25, 0.3) is 0 Å². The Hall–Kier alpha value is -1.15. The Bertz CT molecular complexity index is 650. The predicted molar refractivity (Wildman–Crippen MR) is 85.8 cm³/mol. The Kier molecular flexibility index (Phi) is 5.44. The standard InChI is InChI=1S/C14H19ClN2O4S/c1-2-17(12-8-22(20,21)9-13(12)18)7-14(19)16-11-6-4-3-5-10(11)15/h3-6,12-13,18H,2,7-9H2,1H3,(H,16,19). The third kappa shape index (κ3) is 4.19. The van der Waals surface area contributed by atoms with E-state index in [1.165, 1.54) is 0 Å². The third-order valence-corrected chi connectivity index (χ3v) is 5.69. The number of hydrogen-bond donors (Lipinski definition) is 2. The average molecular weight is 347 g/mol. The fourth-order valence-electron chi connectivity index (χ4n) is 2.56. The molecule has 1 fully saturated rings. The number of aliphatic hydroxyl groups excluding tert-OH is 1. The van der Waals surface area contributed by atoms with Crippen molar-refractivity contribution in [3.63, 3.8) is 0 Å². The highest BCUT2D eigenvalue weighted by atomic mass is 35.5. The summed E-state index contributed by atoms with van der Waals surface area (Å²) in [6.07, 6.45) is -0.960. The third-order valence-electron chi connectivity index (χ3n) is 3.66. The van der Waals surface area contributed by atoms with Crippen LogP contribution in [0.3, 0.4) is 0 Å². The summed E-state index contributed by atoms with van der Waals surface area (Å²) in [6.45, 7) is 2.28. The number of sulfone groups is 1. The highest BCUT2D eigenvalue weighted by molar-refractivity contribution is 7.91. The number of carbonyl (C=O) groups is 1. The number of rotatable bonds is 5. The molecule has 0 aliphatic carbocycles. The van der Waals surface area contributed by atoms with E-state index in [4.69, 9.17) is 11.6 Å². The second kappa shape index (κ2) is 6.95. The molecule has 0 spiro atoms. The number of carbonyl (C=O) groups excluding carboxylic acids is 1. The minimum Gasteiger partial charge on any atom is -0.390 e. The molecular weight excluding hydrogens is 328 g/mol. The molecule has 1 aromatic rings. The molecule has 1 aliphatic rings. The summed E-state index contributed by atoms with van der Waals surface area (Å²) < 4.78 is 23.2. The van der Waals surface area contributed by atoms with Gasteiger partial charge in [-0.15, -0.1) is 0 Å². The first-order valence-electron chi connectivity index (χ1n) is 6.99. The molecule has 0 radical (unpaired) electrons. The van der Waals surface area contributed by atoms with Gasteiger partial charge in [-0.3, -0.25) is 9.69 Å². The van der Waals surface area contributed by atoms with E-state index in [2.05, 4.69) is 5.32 Å². The second-order valence-electron chi connectivity index (χ2n) is 5.30. The van der Waals surface area contributed by atoms with Gasteiger partial charge in [-0.05, 0) is 18.7 Å². The number of amides is 1. The Morgan fingerprint density at radius 1 is 1.41 bits per heavy atom. The fraction of sp³-hybridized carbons (Fsp3) is 0.500. The van der Waals surface area contributed by atoms with Crippen LogP contribution in [-0.2, 0) is 14.6 Å². The summed E-state index contributed by atoms with van der Waals surface area (Å²) in [6, 6.07) is 6.32. The molecule has 1 aliphatic heterocycles. The minimum atomic E-state index is -3.25. The number of likely N-dealkylation sites (N-methyl/N-ethyl adjacent to an activating group) is 1. The van der Waals surface area contributed by atoms with Crippen LogP contribution in [0.4, 0.5) is 5.69 Å². The Balaban J connectivity index is 2.01. The number of nitrogens with one attached hydrogen (secondary N) is 1. The van der Waals surface area contributed by atoms with E-state index in [0.29, 0.717) is 17.3 Å². The van der Waals surface area contributed by atoms with Gasteiger partial charge in [-0.25, -0.2) is 8.42 Å². The van der Waals surface area contributed by atoms with E-state index in [-0.39, 0.29) is 24.0 Å². The normalized spacial score (nSPS) is 23.6. The van der Waals surface area contributed by atoms with E-state index in [1.54, 1.807) is 29.2 Å². The summed E-state index contributed by atoms with van der Waals surface area (Å²) in [5.74, 6) is -0.673. The van der Waals surface area contributed by atoms with Crippen LogP contribution >= 0.6 is 11.6 Å². The van der Waals surface area contributed by atoms with Crippen LogP contribution in [0, 0.1) is 0 Å². The fourth-order valence-corrected chi connectivity index (χ4v) is 4.57. The number of anilines is 1. The van der Waals surface area contributed by atoms with Crippen LogP contribution in [0.25, 0.3) is 0 Å². The smallest absolute Gasteiger partial charge is 0.238 e. The lowest BCUT2D eigenvalue weighted by Crippen LogP contribution is -2.46. The Morgan fingerprint density at radius 3 is 2.64 bits per heavy atom. The number of para-hydroxylation sites is 1. The van der Waals surface area contributed by atoms with Gasteiger partial charge in [0.05, 0.1) is 40.9 Å². The van der Waals surface area contributed by atoms with Crippen molar-refractivity contribution >= 4 is 33.0 Å². The summed E-state index contributed by atoms with van der Waals surface area (Å²) in [5.41, 5.74) is 0.504. The summed E-state index contributed by atoms with van der Waals surface area (Å²) in [7, 11) is -3.25. The van der Waals surface area contributed by atoms with Gasteiger partial charge >= 0.3 is 0 Å². The summed E-state index contributed by atoms with van der Waals surface area (Å²) in [5, 5.41) is 13.0. The largest absolute Gasteiger partial charge is 0.390 e. The Morgan fingerprint density at radius 2 is 2.09 bits per heavy atom. The van der Waals surface area contributed by atoms with Crippen LogP contribution in [0.1, 0.15) is 6.92 Å². The highest BCUT2D eigenvalue weighted by Crippen LogP contribution is 2.21. The molecule has 6 nitrogen and oxygen atoms in total. The van der Waals surface area contributed by atoms with Crippen molar-refractivity contribution in [2.45, 2.75) is 19.1 Å². The molecule has 1 amide bonds. The molecule has 0 aromatic heterocycles. The van der Waals surface area contributed by atoms with E-state index < -0.39 is 22.0 Å². The van der Waals surface area contributed by atoms with Gasteiger partial charge in [0.15, 0.2) is 9.84 Å². The number of aliphatic hydroxyl groups is 1. The number of benzene rings is 1. The van der Waals surface area contributed by atoms with Crippen molar-refractivity contribution in [1.82, 2.24) is 4.90 Å². The van der Waals surface area contributed by atoms with Crippen molar-refractivity contribution < 1.29 is 18.3 Å². The lowest BCUT2D eigenvalue weighted by atomic mass is 10.2. The lowest BCUT2D eigenvalue weighted by Gasteiger charge is -2.28. The Labute approximate surface area is 135 Å². The van der Waals surface area contributed by atoms with E-state index >= 15 is 0 Å². The van der Waals surface area contributed by atoms with Crippen molar-refractivity contribution in [1.29, 1.82) is 0 Å². The zero-order valence-corrected chi connectivity index (χ0v) is 13.8. The van der Waals surface area contributed by atoms with Gasteiger partial charge in [0.2, 0.25) is 5.91 Å². The minimum absolute atomic E-state index is 0.00102. The highest BCUT2D eigenvalue weighted by Gasteiger charge is 2.39. The van der Waals surface area contributed by atoms with Gasteiger partial charge in [0, 0.05) is 0 Å². The maximum Gasteiger partial charge on any atom is 0.238 e. The second-order valence-corrected chi connectivity index (χ2v) is 7.86. The SMILES string of the molecule is CCN(CC(=O)Nc1ccccc1Cl)C1CS(=O)(=O)CC1O. The van der Waals surface area contributed by atoms with Crippen LogP contribution in [-0.4, -0.2) is 61.1 Å². The maximum atomic E-state index is 12.1. The van der Waals surface area contributed by atoms with E-state index in [0.717, 1.165) is 0 Å². The molecule has 1 saturated heterocycles. The molecule has 0 bridgehead atoms. The zero-order chi connectivity index (χ0) is 16.3. The molecule has 2 N–H and O–H groups in total. The average Bonchev–Trinajstić information content (AvgIpc) is 2.72. The quantitative estimate of drug-likeness (QED) is 0.822. The van der Waals surface area contributed by atoms with Crippen molar-refractivity contribution in [2.24, 2.45) is 0 Å². The van der Waals surface area contributed by atoms with Gasteiger partial charge in [-0.1, -0.05) is 30.7 Å². The molecule has 1 heterocycles. The lowest BCUT2D eigenvalue weighted by molar-refractivity contribution is -0.118. The predicted octanol–water partition coefficient (Wildman–Crippen LogP) is 0.758. The molecule has 22 heavy (non-hydrogen) atoms. The number of hydrogen-bond acceptors (Lipinski definition) is 5. The number of nitrogens with zero attached hydrogens (tertiary/aromatic N) is 1. The molecule has 1 aromatic carbocycles. The topological polar surface area (TPSA) is 86.7 Å². The molecular formula is C14H19ClN2O4S. The van der Waals surface area contributed by atoms with Crippen molar-refractivity contribution in [2.75, 3.05) is 29.9 Å². The van der Waals surface area contributed by atoms with Crippen LogP contribution in [0.15, 0.2) is 24.3 Å². The summed E-state index contributed by atoms with van der Waals surface area (Å²) in [4.78, 5) is 13.8. The zero-order valence-electron chi connectivity index (χ0n) is 12.2. The molecule has 0 saturated carbocycles. The molecule has 2 atom stereocenters. The van der Waals surface area contributed by atoms with Crippen molar-refractivity contribution in [3.05, 3.63) is 29.3 Å². The molecule has 2 rings (SSSR count).